The minimum Gasteiger partial charge on any atom is -0.309 e. The molecule has 1 aromatic carbocycles. The molecule has 1 heterocycles. The van der Waals surface area contributed by atoms with E-state index in [1.165, 1.54) is 15.6 Å². The van der Waals surface area contributed by atoms with Gasteiger partial charge in [0.05, 0.1) is 6.04 Å². The predicted molar refractivity (Wildman–Crippen MR) is 77.1 cm³/mol. The third-order valence-corrected chi connectivity index (χ3v) is 4.73. The Morgan fingerprint density at radius 1 is 1.12 bits per heavy atom. The Labute approximate surface area is 116 Å². The molecule has 1 aromatic heterocycles. The lowest BCUT2D eigenvalue weighted by atomic mass is 10.0. The van der Waals surface area contributed by atoms with Crippen LogP contribution in [0.25, 0.3) is 0 Å². The average Bonchev–Trinajstić information content (AvgIpc) is 2.69. The molecule has 2 aromatic rings. The molecule has 1 unspecified atom stereocenters. The van der Waals surface area contributed by atoms with E-state index in [1.54, 1.807) is 11.3 Å². The van der Waals surface area contributed by atoms with Gasteiger partial charge < -0.3 is 5.32 Å². The number of thiophene rings is 1. The molecule has 0 radical (unpaired) electrons. The van der Waals surface area contributed by atoms with Crippen LogP contribution in [0.3, 0.4) is 0 Å². The van der Waals surface area contributed by atoms with E-state index in [-0.39, 0.29) is 6.04 Å². The molecule has 0 aliphatic heterocycles. The van der Waals surface area contributed by atoms with Gasteiger partial charge in [0.25, 0.3) is 0 Å². The number of benzene rings is 1. The maximum Gasteiger partial charge on any atom is 0.0593 e. The zero-order valence-electron chi connectivity index (χ0n) is 8.71. The molecule has 0 amide bonds. The molecule has 1 atom stereocenters. The second kappa shape index (κ2) is 5.45. The smallest absolute Gasteiger partial charge is 0.0593 e. The fourth-order valence-electron chi connectivity index (χ4n) is 1.65. The quantitative estimate of drug-likeness (QED) is 0.844. The normalized spacial score (nSPS) is 12.7. The van der Waals surface area contributed by atoms with Crippen LogP contribution in [0.1, 0.15) is 17.2 Å². The summed E-state index contributed by atoms with van der Waals surface area (Å²) in [6.45, 7) is 0. The Bertz CT molecular complexity index is 464. The summed E-state index contributed by atoms with van der Waals surface area (Å²) in [5, 5.41) is 7.63. The molecule has 0 fully saturated rings. The minimum absolute atomic E-state index is 0.244. The van der Waals surface area contributed by atoms with Crippen LogP contribution < -0.4 is 5.32 Å². The van der Waals surface area contributed by atoms with E-state index in [0.717, 1.165) is 4.47 Å². The molecular formula is C12H11Br2NS. The van der Waals surface area contributed by atoms with Crippen molar-refractivity contribution < 1.29 is 0 Å². The van der Waals surface area contributed by atoms with Crippen molar-refractivity contribution in [1.29, 1.82) is 0 Å². The first-order valence-electron chi connectivity index (χ1n) is 4.86. The van der Waals surface area contributed by atoms with Gasteiger partial charge in [-0.05, 0) is 51.6 Å². The molecule has 0 spiro atoms. The summed E-state index contributed by atoms with van der Waals surface area (Å²) < 4.78 is 2.27. The topological polar surface area (TPSA) is 12.0 Å². The molecule has 16 heavy (non-hydrogen) atoms. The molecule has 1 nitrogen and oxygen atoms in total. The molecule has 1 N–H and O–H groups in total. The van der Waals surface area contributed by atoms with Gasteiger partial charge >= 0.3 is 0 Å². The second-order valence-corrected chi connectivity index (χ2v) is 5.96. The molecule has 0 aliphatic carbocycles. The van der Waals surface area contributed by atoms with E-state index < -0.39 is 0 Å². The van der Waals surface area contributed by atoms with Crippen molar-refractivity contribution in [3.05, 3.63) is 55.1 Å². The van der Waals surface area contributed by atoms with Crippen LogP contribution in [-0.2, 0) is 0 Å². The van der Waals surface area contributed by atoms with Gasteiger partial charge in [-0.1, -0.05) is 28.1 Å². The van der Waals surface area contributed by atoms with Crippen LogP contribution >= 0.6 is 43.2 Å². The summed E-state index contributed by atoms with van der Waals surface area (Å²) in [6, 6.07) is 8.65. The predicted octanol–water partition coefficient (Wildman–Crippen LogP) is 4.58. The highest BCUT2D eigenvalue weighted by Crippen LogP contribution is 2.31. The SMILES string of the molecule is CNC(c1ccc(Br)cc1)c1cscc1Br. The lowest BCUT2D eigenvalue weighted by Gasteiger charge is -2.16. The van der Waals surface area contributed by atoms with E-state index in [4.69, 9.17) is 0 Å². The van der Waals surface area contributed by atoms with E-state index >= 15 is 0 Å². The number of hydrogen-bond acceptors (Lipinski definition) is 2. The van der Waals surface area contributed by atoms with Crippen molar-refractivity contribution >= 4 is 43.2 Å². The fraction of sp³-hybridized carbons (Fsp3) is 0.167. The Balaban J connectivity index is 2.37. The van der Waals surface area contributed by atoms with Crippen molar-refractivity contribution in [2.24, 2.45) is 0 Å². The second-order valence-electron chi connectivity index (χ2n) is 3.45. The highest BCUT2D eigenvalue weighted by atomic mass is 79.9. The Morgan fingerprint density at radius 3 is 2.31 bits per heavy atom. The molecule has 0 aliphatic rings. The van der Waals surface area contributed by atoms with Crippen LogP contribution in [0.15, 0.2) is 44.0 Å². The monoisotopic (exact) mass is 359 g/mol. The van der Waals surface area contributed by atoms with Crippen LogP contribution in [0.4, 0.5) is 0 Å². The zero-order chi connectivity index (χ0) is 11.5. The first kappa shape index (κ1) is 12.3. The average molecular weight is 361 g/mol. The number of hydrogen-bond donors (Lipinski definition) is 1. The molecular weight excluding hydrogens is 350 g/mol. The summed E-state index contributed by atoms with van der Waals surface area (Å²) in [6.07, 6.45) is 0. The molecule has 84 valence electrons. The van der Waals surface area contributed by atoms with Crippen LogP contribution in [0.2, 0.25) is 0 Å². The Hall–Kier alpha value is -0.160. The number of nitrogens with one attached hydrogen (secondary N) is 1. The van der Waals surface area contributed by atoms with Crippen LogP contribution in [0.5, 0.6) is 0 Å². The summed E-state index contributed by atoms with van der Waals surface area (Å²) in [5.41, 5.74) is 2.56. The van der Waals surface area contributed by atoms with Crippen molar-refractivity contribution in [1.82, 2.24) is 5.32 Å². The molecule has 4 heteroatoms. The van der Waals surface area contributed by atoms with Crippen molar-refractivity contribution in [3.8, 4) is 0 Å². The van der Waals surface area contributed by atoms with Crippen molar-refractivity contribution in [3.63, 3.8) is 0 Å². The van der Waals surface area contributed by atoms with Gasteiger partial charge in [-0.15, -0.1) is 0 Å². The Kier molecular flexibility index (Phi) is 4.19. The van der Waals surface area contributed by atoms with Crippen molar-refractivity contribution in [2.75, 3.05) is 7.05 Å². The first-order chi connectivity index (χ1) is 7.72. The lowest BCUT2D eigenvalue weighted by Crippen LogP contribution is -2.17. The standard InChI is InChI=1S/C12H11Br2NS/c1-15-12(10-6-16-7-11(10)14)8-2-4-9(13)5-3-8/h2-7,12,15H,1H3. The van der Waals surface area contributed by atoms with Gasteiger partial charge in [0.15, 0.2) is 0 Å². The maximum absolute atomic E-state index is 3.58. The van der Waals surface area contributed by atoms with Gasteiger partial charge in [0.1, 0.15) is 0 Å². The van der Waals surface area contributed by atoms with E-state index in [1.807, 2.05) is 7.05 Å². The highest BCUT2D eigenvalue weighted by molar-refractivity contribution is 9.10. The number of halogens is 2. The van der Waals surface area contributed by atoms with E-state index in [9.17, 15) is 0 Å². The summed E-state index contributed by atoms with van der Waals surface area (Å²) in [7, 11) is 1.98. The molecule has 0 bridgehead atoms. The maximum atomic E-state index is 3.58. The van der Waals surface area contributed by atoms with E-state index in [0.29, 0.717) is 0 Å². The summed E-state index contributed by atoms with van der Waals surface area (Å²) >= 11 is 8.74. The zero-order valence-corrected chi connectivity index (χ0v) is 12.7. The minimum atomic E-state index is 0.244. The third kappa shape index (κ3) is 2.56. The van der Waals surface area contributed by atoms with Gasteiger partial charge in [-0.2, -0.15) is 11.3 Å². The fourth-order valence-corrected chi connectivity index (χ4v) is 3.47. The third-order valence-electron chi connectivity index (χ3n) is 2.45. The molecule has 0 saturated carbocycles. The van der Waals surface area contributed by atoms with Gasteiger partial charge in [0, 0.05) is 14.3 Å². The van der Waals surface area contributed by atoms with Crippen molar-refractivity contribution in [2.45, 2.75) is 6.04 Å². The first-order valence-corrected chi connectivity index (χ1v) is 7.39. The summed E-state index contributed by atoms with van der Waals surface area (Å²) in [4.78, 5) is 0. The van der Waals surface area contributed by atoms with E-state index in [2.05, 4.69) is 72.2 Å². The molecule has 0 saturated heterocycles. The van der Waals surface area contributed by atoms with Gasteiger partial charge in [-0.25, -0.2) is 0 Å². The largest absolute Gasteiger partial charge is 0.309 e. The highest BCUT2D eigenvalue weighted by Gasteiger charge is 2.15. The van der Waals surface area contributed by atoms with Gasteiger partial charge in [0.2, 0.25) is 0 Å². The van der Waals surface area contributed by atoms with Crippen LogP contribution in [-0.4, -0.2) is 7.05 Å². The molecule has 2 rings (SSSR count). The summed E-state index contributed by atoms with van der Waals surface area (Å²) in [5.74, 6) is 0. The lowest BCUT2D eigenvalue weighted by molar-refractivity contribution is 0.691. The van der Waals surface area contributed by atoms with Gasteiger partial charge in [-0.3, -0.25) is 0 Å². The van der Waals surface area contributed by atoms with Crippen LogP contribution in [0, 0.1) is 0 Å². The number of rotatable bonds is 3. The Morgan fingerprint density at radius 2 is 1.81 bits per heavy atom.